The third-order valence-corrected chi connectivity index (χ3v) is 4.62. The van der Waals surface area contributed by atoms with Crippen LogP contribution in [0.25, 0.3) is 0 Å². The van der Waals surface area contributed by atoms with Crippen molar-refractivity contribution >= 4 is 0 Å². The van der Waals surface area contributed by atoms with Gasteiger partial charge in [-0.15, -0.1) is 0 Å². The summed E-state index contributed by atoms with van der Waals surface area (Å²) in [6, 6.07) is 10.7. The van der Waals surface area contributed by atoms with Crippen LogP contribution in [-0.4, -0.2) is 18.8 Å². The van der Waals surface area contributed by atoms with E-state index in [0.717, 1.165) is 6.61 Å². The molecule has 1 N–H and O–H groups in total. The molecule has 1 saturated carbocycles. The Kier molecular flexibility index (Phi) is 3.61. The summed E-state index contributed by atoms with van der Waals surface area (Å²) in [6.45, 7) is 6.07. The van der Waals surface area contributed by atoms with Gasteiger partial charge in [-0.2, -0.15) is 5.48 Å². The number of hydrogen-bond acceptors (Lipinski definition) is 3. The highest BCUT2D eigenvalue weighted by Crippen LogP contribution is 2.51. The summed E-state index contributed by atoms with van der Waals surface area (Å²) < 4.78 is 5.89. The van der Waals surface area contributed by atoms with Gasteiger partial charge in [-0.25, -0.2) is 0 Å². The first kappa shape index (κ1) is 13.1. The lowest BCUT2D eigenvalue weighted by Gasteiger charge is -2.59. The van der Waals surface area contributed by atoms with E-state index in [1.54, 1.807) is 0 Å². The number of fused-ring (bicyclic) bond motifs is 1. The van der Waals surface area contributed by atoms with Crippen LogP contribution in [0.15, 0.2) is 30.3 Å². The van der Waals surface area contributed by atoms with E-state index >= 15 is 0 Å². The number of rotatable bonds is 4. The Morgan fingerprint density at radius 2 is 2.11 bits per heavy atom. The van der Waals surface area contributed by atoms with Crippen LogP contribution in [0.3, 0.4) is 0 Å². The topological polar surface area (TPSA) is 30.5 Å². The lowest BCUT2D eigenvalue weighted by atomic mass is 9.55. The van der Waals surface area contributed by atoms with Gasteiger partial charge in [0.15, 0.2) is 0 Å². The zero-order chi connectivity index (χ0) is 13.3. The van der Waals surface area contributed by atoms with Crippen molar-refractivity contribution in [1.82, 2.24) is 5.48 Å². The molecule has 19 heavy (non-hydrogen) atoms. The van der Waals surface area contributed by atoms with E-state index in [9.17, 15) is 0 Å². The van der Waals surface area contributed by atoms with E-state index in [0.29, 0.717) is 24.7 Å². The predicted molar refractivity (Wildman–Crippen MR) is 74.4 cm³/mol. The zero-order valence-corrected chi connectivity index (χ0v) is 11.8. The van der Waals surface area contributed by atoms with E-state index in [2.05, 4.69) is 31.5 Å². The second kappa shape index (κ2) is 5.23. The van der Waals surface area contributed by atoms with Gasteiger partial charge < -0.3 is 4.74 Å². The summed E-state index contributed by atoms with van der Waals surface area (Å²) in [5.74, 6) is 0.611. The molecule has 0 bridgehead atoms. The fourth-order valence-corrected chi connectivity index (χ4v) is 3.55. The first-order valence-corrected chi connectivity index (χ1v) is 7.22. The first-order chi connectivity index (χ1) is 9.19. The van der Waals surface area contributed by atoms with E-state index < -0.39 is 0 Å². The summed E-state index contributed by atoms with van der Waals surface area (Å²) in [7, 11) is 0. The second-order valence-electron chi connectivity index (χ2n) is 6.29. The molecular formula is C16H23NO2. The minimum atomic E-state index is 0.168. The molecule has 2 aliphatic rings. The second-order valence-corrected chi connectivity index (χ2v) is 6.29. The Bertz CT molecular complexity index is 418. The van der Waals surface area contributed by atoms with Crippen molar-refractivity contribution in [2.45, 2.75) is 45.4 Å². The van der Waals surface area contributed by atoms with E-state index in [-0.39, 0.29) is 5.41 Å². The smallest absolute Gasteiger partial charge is 0.0933 e. The summed E-state index contributed by atoms with van der Waals surface area (Å²) in [5.41, 5.74) is 4.64. The molecule has 104 valence electrons. The van der Waals surface area contributed by atoms with Crippen molar-refractivity contribution in [2.75, 3.05) is 6.61 Å². The zero-order valence-electron chi connectivity index (χ0n) is 11.8. The number of ether oxygens (including phenoxy) is 1. The molecule has 3 heteroatoms. The van der Waals surface area contributed by atoms with E-state index in [1.165, 1.54) is 18.4 Å². The van der Waals surface area contributed by atoms with Gasteiger partial charge in [-0.3, -0.25) is 4.84 Å². The molecule has 3 atom stereocenters. The fraction of sp³-hybridized carbons (Fsp3) is 0.625. The molecular weight excluding hydrogens is 238 g/mol. The van der Waals surface area contributed by atoms with E-state index in [4.69, 9.17) is 9.57 Å². The molecule has 3 nitrogen and oxygen atoms in total. The molecule has 1 aromatic rings. The van der Waals surface area contributed by atoms with Crippen molar-refractivity contribution < 1.29 is 9.57 Å². The number of hydroxylamine groups is 1. The highest BCUT2D eigenvalue weighted by atomic mass is 16.6. The van der Waals surface area contributed by atoms with Crippen LogP contribution in [0.1, 0.15) is 32.3 Å². The largest absolute Gasteiger partial charge is 0.377 e. The molecule has 1 saturated heterocycles. The Balaban J connectivity index is 1.52. The molecule has 3 unspecified atom stereocenters. The van der Waals surface area contributed by atoms with Crippen LogP contribution in [0.4, 0.5) is 0 Å². The van der Waals surface area contributed by atoms with Crippen LogP contribution >= 0.6 is 0 Å². The van der Waals surface area contributed by atoms with Gasteiger partial charge in [-0.05, 0) is 18.4 Å². The third kappa shape index (κ3) is 2.42. The van der Waals surface area contributed by atoms with Crippen molar-refractivity contribution in [3.63, 3.8) is 0 Å². The van der Waals surface area contributed by atoms with Crippen molar-refractivity contribution in [2.24, 2.45) is 11.3 Å². The van der Waals surface area contributed by atoms with Crippen LogP contribution in [0.5, 0.6) is 0 Å². The number of nitrogens with one attached hydrogen (secondary N) is 1. The van der Waals surface area contributed by atoms with Gasteiger partial charge in [0.1, 0.15) is 0 Å². The van der Waals surface area contributed by atoms with Crippen LogP contribution in [0, 0.1) is 11.3 Å². The number of benzene rings is 1. The molecule has 1 aromatic carbocycles. The van der Waals surface area contributed by atoms with Crippen LogP contribution in [-0.2, 0) is 16.2 Å². The van der Waals surface area contributed by atoms with Gasteiger partial charge in [0, 0.05) is 24.0 Å². The Morgan fingerprint density at radius 3 is 2.89 bits per heavy atom. The maximum absolute atomic E-state index is 5.89. The third-order valence-electron chi connectivity index (χ3n) is 4.62. The Hall–Kier alpha value is -0.900. The molecule has 0 radical (unpaired) electrons. The lowest BCUT2D eigenvalue weighted by molar-refractivity contribution is -0.222. The van der Waals surface area contributed by atoms with Gasteiger partial charge in [-0.1, -0.05) is 44.2 Å². The Morgan fingerprint density at radius 1 is 1.32 bits per heavy atom. The highest BCUT2D eigenvalue weighted by Gasteiger charge is 2.58. The fourth-order valence-electron chi connectivity index (χ4n) is 3.55. The van der Waals surface area contributed by atoms with Crippen LogP contribution < -0.4 is 5.48 Å². The van der Waals surface area contributed by atoms with Gasteiger partial charge in [0.25, 0.3) is 0 Å². The Labute approximate surface area is 115 Å². The molecule has 0 aromatic heterocycles. The molecule has 1 aliphatic carbocycles. The maximum atomic E-state index is 5.89. The average molecular weight is 261 g/mol. The molecule has 0 spiro atoms. The molecule has 0 amide bonds. The molecule has 1 aliphatic heterocycles. The lowest BCUT2D eigenvalue weighted by Crippen LogP contribution is -2.69. The predicted octanol–water partition coefficient (Wildman–Crippen LogP) is 2.91. The SMILES string of the molecule is CC1(C)C(NOCc2ccccc2)C2CCCOC21. The highest BCUT2D eigenvalue weighted by molar-refractivity contribution is 5.13. The van der Waals surface area contributed by atoms with Crippen LogP contribution in [0.2, 0.25) is 0 Å². The monoisotopic (exact) mass is 261 g/mol. The molecule has 3 rings (SSSR count). The molecule has 1 heterocycles. The average Bonchev–Trinajstić information content (AvgIpc) is 2.44. The van der Waals surface area contributed by atoms with Gasteiger partial charge >= 0.3 is 0 Å². The first-order valence-electron chi connectivity index (χ1n) is 7.22. The van der Waals surface area contributed by atoms with Crippen molar-refractivity contribution in [3.8, 4) is 0 Å². The quantitative estimate of drug-likeness (QED) is 0.845. The van der Waals surface area contributed by atoms with Gasteiger partial charge in [0.05, 0.1) is 12.7 Å². The minimum absolute atomic E-state index is 0.168. The molecule has 2 fully saturated rings. The summed E-state index contributed by atoms with van der Waals surface area (Å²) in [4.78, 5) is 5.70. The normalized spacial score (nSPS) is 32.4. The summed E-state index contributed by atoms with van der Waals surface area (Å²) in [6.07, 6.45) is 2.83. The number of hydrogen-bond donors (Lipinski definition) is 1. The minimum Gasteiger partial charge on any atom is -0.377 e. The van der Waals surface area contributed by atoms with Gasteiger partial charge in [0.2, 0.25) is 0 Å². The van der Waals surface area contributed by atoms with Crippen molar-refractivity contribution in [1.29, 1.82) is 0 Å². The van der Waals surface area contributed by atoms with E-state index in [1.807, 2.05) is 18.2 Å². The summed E-state index contributed by atoms with van der Waals surface area (Å²) in [5, 5.41) is 0. The van der Waals surface area contributed by atoms with Crippen molar-refractivity contribution in [3.05, 3.63) is 35.9 Å². The summed E-state index contributed by atoms with van der Waals surface area (Å²) >= 11 is 0. The maximum Gasteiger partial charge on any atom is 0.0933 e. The standard InChI is InChI=1S/C16H23NO2/c1-16(2)14(13-9-6-10-18-15(13)16)17-19-11-12-7-4-3-5-8-12/h3-5,7-8,13-15,17H,6,9-11H2,1-2H3.